The van der Waals surface area contributed by atoms with Crippen molar-refractivity contribution >= 4 is 27.0 Å². The first kappa shape index (κ1) is 32.8. The number of nitrogens with zero attached hydrogens (tertiary/aromatic N) is 1. The molecular weight excluding hydrogens is 580 g/mol. The van der Waals surface area contributed by atoms with Gasteiger partial charge in [0.2, 0.25) is 0 Å². The molecule has 230 valence electrons. The molecule has 1 N–H and O–H groups in total. The van der Waals surface area contributed by atoms with Gasteiger partial charge < -0.3 is 13.6 Å². The third kappa shape index (κ3) is 6.02. The molecule has 0 aliphatic carbocycles. The van der Waals surface area contributed by atoms with Crippen molar-refractivity contribution in [2.45, 2.75) is 88.8 Å². The van der Waals surface area contributed by atoms with Gasteiger partial charge in [0.1, 0.15) is 6.10 Å². The Hall–Kier alpha value is -3.08. The van der Waals surface area contributed by atoms with Gasteiger partial charge in [0.15, 0.2) is 26.3 Å². The SMILES string of the molecule is C#C[C@]1(CO[Si](c2ccccc2)(c2ccccc2)C(C)(C)C)O[C@@H](n2ccc(=O)[nH]c2=O)[C@H](F)[C@@H]1O[Si](C)(C)C(C)(C)C. The number of alkyl halides is 1. The molecule has 1 aliphatic rings. The van der Waals surface area contributed by atoms with Crippen LogP contribution in [0.5, 0.6) is 0 Å². The van der Waals surface area contributed by atoms with Crippen molar-refractivity contribution in [1.29, 1.82) is 0 Å². The molecule has 0 saturated carbocycles. The smallest absolute Gasteiger partial charge is 0.330 e. The number of rotatable bonds is 8. The number of benzene rings is 2. The third-order valence-electron chi connectivity index (χ3n) is 8.87. The van der Waals surface area contributed by atoms with Crippen LogP contribution in [0, 0.1) is 12.3 Å². The number of terminal acetylenes is 1. The van der Waals surface area contributed by atoms with Crippen molar-refractivity contribution in [1.82, 2.24) is 9.55 Å². The van der Waals surface area contributed by atoms with Crippen LogP contribution in [0.3, 0.4) is 0 Å². The molecule has 0 amide bonds. The quantitative estimate of drug-likeness (QED) is 0.290. The maximum atomic E-state index is 16.7. The monoisotopic (exact) mass is 622 g/mol. The number of aromatic amines is 1. The molecule has 0 radical (unpaired) electrons. The van der Waals surface area contributed by atoms with Gasteiger partial charge in [-0.3, -0.25) is 14.3 Å². The van der Waals surface area contributed by atoms with E-state index in [4.69, 9.17) is 20.0 Å². The molecule has 0 spiro atoms. The van der Waals surface area contributed by atoms with Crippen LogP contribution < -0.4 is 21.6 Å². The van der Waals surface area contributed by atoms with Crippen LogP contribution in [-0.4, -0.2) is 50.7 Å². The van der Waals surface area contributed by atoms with Gasteiger partial charge >= 0.3 is 5.69 Å². The van der Waals surface area contributed by atoms with Crippen molar-refractivity contribution in [3.63, 3.8) is 0 Å². The van der Waals surface area contributed by atoms with Gasteiger partial charge in [-0.25, -0.2) is 9.18 Å². The lowest BCUT2D eigenvalue weighted by molar-refractivity contribution is -0.0870. The molecule has 1 saturated heterocycles. The molecule has 7 nitrogen and oxygen atoms in total. The molecular formula is C33H43FN2O5Si2. The highest BCUT2D eigenvalue weighted by atomic mass is 28.4. The lowest BCUT2D eigenvalue weighted by Crippen LogP contribution is -2.68. The number of halogens is 1. The lowest BCUT2D eigenvalue weighted by atomic mass is 9.98. The van der Waals surface area contributed by atoms with E-state index in [2.05, 4.69) is 76.7 Å². The minimum Gasteiger partial charge on any atom is -0.407 e. The molecule has 43 heavy (non-hydrogen) atoms. The minimum absolute atomic E-state index is 0.176. The minimum atomic E-state index is -3.10. The van der Waals surface area contributed by atoms with Crippen molar-refractivity contribution in [3.8, 4) is 12.3 Å². The van der Waals surface area contributed by atoms with Crippen molar-refractivity contribution in [3.05, 3.63) is 93.8 Å². The third-order valence-corrected chi connectivity index (χ3v) is 18.3. The summed E-state index contributed by atoms with van der Waals surface area (Å²) in [4.78, 5) is 26.8. The summed E-state index contributed by atoms with van der Waals surface area (Å²) in [6, 6.07) is 21.3. The predicted molar refractivity (Wildman–Crippen MR) is 174 cm³/mol. The number of H-pyrrole nitrogens is 1. The van der Waals surface area contributed by atoms with E-state index in [0.717, 1.165) is 21.0 Å². The zero-order valence-electron chi connectivity index (χ0n) is 26.3. The number of aromatic nitrogens is 2. The van der Waals surface area contributed by atoms with Crippen LogP contribution in [0.1, 0.15) is 47.8 Å². The van der Waals surface area contributed by atoms with Gasteiger partial charge in [0.25, 0.3) is 13.9 Å². The highest BCUT2D eigenvalue weighted by molar-refractivity contribution is 6.99. The van der Waals surface area contributed by atoms with E-state index in [9.17, 15) is 9.59 Å². The Labute approximate surface area is 255 Å². The Morgan fingerprint density at radius 2 is 1.49 bits per heavy atom. The Morgan fingerprint density at radius 1 is 0.953 bits per heavy atom. The second kappa shape index (κ2) is 11.8. The van der Waals surface area contributed by atoms with E-state index in [1.54, 1.807) is 0 Å². The second-order valence-electron chi connectivity index (χ2n) is 13.8. The van der Waals surface area contributed by atoms with Gasteiger partial charge in [-0.1, -0.05) is 108 Å². The first-order valence-electron chi connectivity index (χ1n) is 14.5. The zero-order valence-corrected chi connectivity index (χ0v) is 28.3. The predicted octanol–water partition coefficient (Wildman–Crippen LogP) is 4.74. The lowest BCUT2D eigenvalue weighted by Gasteiger charge is -2.46. The molecule has 0 bridgehead atoms. The van der Waals surface area contributed by atoms with Crippen LogP contribution in [0.4, 0.5) is 4.39 Å². The first-order valence-corrected chi connectivity index (χ1v) is 19.3. The maximum absolute atomic E-state index is 16.7. The largest absolute Gasteiger partial charge is 0.407 e. The first-order chi connectivity index (χ1) is 20.0. The fourth-order valence-electron chi connectivity index (χ4n) is 5.50. The summed E-state index contributed by atoms with van der Waals surface area (Å²) >= 11 is 0. The average molecular weight is 623 g/mol. The summed E-state index contributed by atoms with van der Waals surface area (Å²) in [5.74, 6) is 2.73. The maximum Gasteiger partial charge on any atom is 0.330 e. The summed E-state index contributed by atoms with van der Waals surface area (Å²) in [5.41, 5.74) is -3.07. The van der Waals surface area contributed by atoms with Gasteiger partial charge in [-0.15, -0.1) is 6.42 Å². The van der Waals surface area contributed by atoms with E-state index in [1.807, 2.05) is 49.5 Å². The summed E-state index contributed by atoms with van der Waals surface area (Å²) in [6.07, 6.45) is 2.98. The zero-order chi connectivity index (χ0) is 31.8. The van der Waals surface area contributed by atoms with Crippen LogP contribution in [-0.2, 0) is 13.6 Å². The van der Waals surface area contributed by atoms with Crippen LogP contribution >= 0.6 is 0 Å². The fraction of sp³-hybridized carbons (Fsp3) is 0.455. The topological polar surface area (TPSA) is 82.5 Å². The second-order valence-corrected chi connectivity index (χ2v) is 22.8. The van der Waals surface area contributed by atoms with Gasteiger partial charge in [0, 0.05) is 12.3 Å². The molecule has 10 heteroatoms. The molecule has 1 aromatic heterocycles. The average Bonchev–Trinajstić information content (AvgIpc) is 3.20. The Balaban J connectivity index is 1.88. The molecule has 4 rings (SSSR count). The van der Waals surface area contributed by atoms with E-state index in [1.165, 1.54) is 6.20 Å². The van der Waals surface area contributed by atoms with E-state index in [-0.39, 0.29) is 16.7 Å². The van der Waals surface area contributed by atoms with Crippen molar-refractivity contribution in [2.75, 3.05) is 6.61 Å². The normalized spacial score (nSPS) is 23.2. The molecule has 1 fully saturated rings. The van der Waals surface area contributed by atoms with Gasteiger partial charge in [-0.05, 0) is 33.5 Å². The van der Waals surface area contributed by atoms with E-state index in [0.29, 0.717) is 0 Å². The standard InChI is InChI=1S/C33H43FN2O5Si2/c1-10-33(23-39-43(32(5,6)7,24-17-13-11-14-18-24)25-19-15-12-16-20-25)28(41-42(8,9)31(2,3)4)27(34)29(40-33)36-22-21-26(37)35-30(36)38/h1,11-22,27-29H,23H2,2-9H3,(H,35,37,38)/t27-,28+,29-,33-/m1/s1. The Bertz CT molecular complexity index is 1530. The van der Waals surface area contributed by atoms with Crippen LogP contribution in [0.25, 0.3) is 0 Å². The highest BCUT2D eigenvalue weighted by Crippen LogP contribution is 2.47. The van der Waals surface area contributed by atoms with Gasteiger partial charge in [-0.2, -0.15) is 0 Å². The molecule has 3 aromatic rings. The Morgan fingerprint density at radius 3 is 1.93 bits per heavy atom. The molecule has 2 heterocycles. The number of nitrogens with one attached hydrogen (secondary N) is 1. The Kier molecular flexibility index (Phi) is 9.00. The number of ether oxygens (including phenoxy) is 1. The van der Waals surface area contributed by atoms with E-state index >= 15 is 4.39 Å². The number of hydrogen-bond acceptors (Lipinski definition) is 5. The number of hydrogen-bond donors (Lipinski definition) is 1. The molecule has 0 unspecified atom stereocenters. The highest BCUT2D eigenvalue weighted by Gasteiger charge is 2.61. The van der Waals surface area contributed by atoms with Crippen molar-refractivity contribution in [2.24, 2.45) is 0 Å². The fourth-order valence-corrected chi connectivity index (χ4v) is 11.4. The van der Waals surface area contributed by atoms with Crippen LogP contribution in [0.2, 0.25) is 23.2 Å². The van der Waals surface area contributed by atoms with Gasteiger partial charge in [0.05, 0.1) is 6.61 Å². The van der Waals surface area contributed by atoms with Crippen LogP contribution in [0.15, 0.2) is 82.5 Å². The molecule has 2 aromatic carbocycles. The van der Waals surface area contributed by atoms with Crippen molar-refractivity contribution < 1.29 is 18.0 Å². The summed E-state index contributed by atoms with van der Waals surface area (Å²) in [5, 5.41) is 1.43. The van der Waals surface area contributed by atoms with E-state index < -0.39 is 52.0 Å². The summed E-state index contributed by atoms with van der Waals surface area (Å²) in [7, 11) is -5.72. The molecule has 1 aliphatic heterocycles. The summed E-state index contributed by atoms with van der Waals surface area (Å²) < 4.78 is 38.0. The summed E-state index contributed by atoms with van der Waals surface area (Å²) in [6.45, 7) is 16.5. The molecule has 4 atom stereocenters.